The van der Waals surface area contributed by atoms with Crippen LogP contribution in [0.1, 0.15) is 10.4 Å². The Bertz CT molecular complexity index is 596. The fourth-order valence-corrected chi connectivity index (χ4v) is 2.36. The quantitative estimate of drug-likeness (QED) is 0.844. The molecule has 0 aliphatic heterocycles. The van der Waals surface area contributed by atoms with Crippen molar-refractivity contribution in [2.45, 2.75) is 4.90 Å². The molecule has 2 rings (SSSR count). The molecule has 0 aliphatic carbocycles. The van der Waals surface area contributed by atoms with Gasteiger partial charge in [-0.2, -0.15) is 0 Å². The van der Waals surface area contributed by atoms with Gasteiger partial charge in [0.15, 0.2) is 0 Å². The first kappa shape index (κ1) is 13.0. The van der Waals surface area contributed by atoms with Crippen LogP contribution in [-0.2, 0) is 0 Å². The standard InChI is InChI=1S/C14H11ClO2S/c1-18-11-4-2-3-9(7-11)13-8-10(15)5-6-12(13)14(16)17/h2-8H,1H3,(H,16,17). The lowest BCUT2D eigenvalue weighted by molar-refractivity contribution is 0.0698. The number of aromatic carboxylic acids is 1. The van der Waals surface area contributed by atoms with E-state index < -0.39 is 5.97 Å². The van der Waals surface area contributed by atoms with Crippen LogP contribution in [0, 0.1) is 0 Å². The van der Waals surface area contributed by atoms with Gasteiger partial charge in [0.05, 0.1) is 5.56 Å². The highest BCUT2D eigenvalue weighted by Gasteiger charge is 2.12. The average molecular weight is 279 g/mol. The van der Waals surface area contributed by atoms with Crippen molar-refractivity contribution in [2.24, 2.45) is 0 Å². The molecule has 2 aromatic carbocycles. The first-order valence-corrected chi connectivity index (χ1v) is 6.89. The first-order chi connectivity index (χ1) is 8.61. The van der Waals surface area contributed by atoms with Crippen LogP contribution in [0.4, 0.5) is 0 Å². The average Bonchev–Trinajstić information content (AvgIpc) is 2.38. The lowest BCUT2D eigenvalue weighted by atomic mass is 10.00. The van der Waals surface area contributed by atoms with Crippen LogP contribution in [0.15, 0.2) is 47.4 Å². The Hall–Kier alpha value is -1.45. The molecule has 0 aromatic heterocycles. The Morgan fingerprint density at radius 1 is 1.22 bits per heavy atom. The van der Waals surface area contributed by atoms with E-state index in [2.05, 4.69) is 0 Å². The molecule has 92 valence electrons. The van der Waals surface area contributed by atoms with Crippen LogP contribution < -0.4 is 0 Å². The summed E-state index contributed by atoms with van der Waals surface area (Å²) in [6.07, 6.45) is 1.98. The van der Waals surface area contributed by atoms with Gasteiger partial charge in [-0.15, -0.1) is 11.8 Å². The molecule has 0 saturated carbocycles. The molecule has 1 N–H and O–H groups in total. The molecule has 0 spiro atoms. The van der Waals surface area contributed by atoms with E-state index in [0.29, 0.717) is 10.6 Å². The third-order valence-corrected chi connectivity index (χ3v) is 3.55. The molecule has 18 heavy (non-hydrogen) atoms. The summed E-state index contributed by atoms with van der Waals surface area (Å²) < 4.78 is 0. The minimum atomic E-state index is -0.948. The molecule has 0 fully saturated rings. The highest BCUT2D eigenvalue weighted by molar-refractivity contribution is 7.98. The Morgan fingerprint density at radius 2 is 2.00 bits per heavy atom. The normalized spacial score (nSPS) is 10.3. The molecule has 0 aliphatic rings. The van der Waals surface area contributed by atoms with Crippen LogP contribution in [-0.4, -0.2) is 17.3 Å². The van der Waals surface area contributed by atoms with Gasteiger partial charge in [-0.3, -0.25) is 0 Å². The molecular formula is C14H11ClO2S. The highest BCUT2D eigenvalue weighted by atomic mass is 35.5. The summed E-state index contributed by atoms with van der Waals surface area (Å²) in [7, 11) is 0. The maximum atomic E-state index is 11.2. The van der Waals surface area contributed by atoms with E-state index in [0.717, 1.165) is 10.5 Å². The summed E-state index contributed by atoms with van der Waals surface area (Å²) in [5, 5.41) is 9.73. The predicted molar refractivity (Wildman–Crippen MR) is 75.6 cm³/mol. The summed E-state index contributed by atoms with van der Waals surface area (Å²) in [6.45, 7) is 0. The zero-order valence-corrected chi connectivity index (χ0v) is 11.3. The Balaban J connectivity index is 2.61. The van der Waals surface area contributed by atoms with Crippen LogP contribution >= 0.6 is 23.4 Å². The maximum absolute atomic E-state index is 11.2. The van der Waals surface area contributed by atoms with Gasteiger partial charge in [0, 0.05) is 9.92 Å². The summed E-state index contributed by atoms with van der Waals surface area (Å²) in [4.78, 5) is 12.3. The molecule has 0 radical (unpaired) electrons. The molecule has 0 atom stereocenters. The van der Waals surface area contributed by atoms with E-state index >= 15 is 0 Å². The lowest BCUT2D eigenvalue weighted by Gasteiger charge is -2.08. The number of thioether (sulfide) groups is 1. The SMILES string of the molecule is CSc1cccc(-c2cc(Cl)ccc2C(=O)O)c1. The molecule has 0 unspecified atom stereocenters. The monoisotopic (exact) mass is 278 g/mol. The zero-order valence-electron chi connectivity index (χ0n) is 9.68. The molecule has 4 heteroatoms. The number of benzene rings is 2. The first-order valence-electron chi connectivity index (χ1n) is 5.29. The van der Waals surface area contributed by atoms with Crippen molar-refractivity contribution in [2.75, 3.05) is 6.26 Å². The molecule has 0 saturated heterocycles. The van der Waals surface area contributed by atoms with Gasteiger partial charge in [0.25, 0.3) is 0 Å². The second-order valence-electron chi connectivity index (χ2n) is 3.73. The number of carboxylic acid groups (broad SMARTS) is 1. The molecule has 0 heterocycles. The van der Waals surface area contributed by atoms with Crippen LogP contribution in [0.25, 0.3) is 11.1 Å². The minimum Gasteiger partial charge on any atom is -0.478 e. The summed E-state index contributed by atoms with van der Waals surface area (Å²) in [5.74, 6) is -0.948. The third kappa shape index (κ3) is 2.68. The largest absolute Gasteiger partial charge is 0.478 e. The zero-order chi connectivity index (χ0) is 13.1. The van der Waals surface area contributed by atoms with Gasteiger partial charge in [0.2, 0.25) is 0 Å². The summed E-state index contributed by atoms with van der Waals surface area (Å²) >= 11 is 7.56. The fourth-order valence-electron chi connectivity index (χ4n) is 1.73. The van der Waals surface area contributed by atoms with E-state index in [1.807, 2.05) is 30.5 Å². The third-order valence-electron chi connectivity index (χ3n) is 2.59. The van der Waals surface area contributed by atoms with Crippen molar-refractivity contribution in [1.29, 1.82) is 0 Å². The van der Waals surface area contributed by atoms with E-state index in [-0.39, 0.29) is 5.56 Å². The number of carbonyl (C=O) groups is 1. The maximum Gasteiger partial charge on any atom is 0.336 e. The highest BCUT2D eigenvalue weighted by Crippen LogP contribution is 2.29. The van der Waals surface area contributed by atoms with Gasteiger partial charge < -0.3 is 5.11 Å². The smallest absolute Gasteiger partial charge is 0.336 e. The Kier molecular flexibility index (Phi) is 3.94. The van der Waals surface area contributed by atoms with Crippen molar-refractivity contribution in [3.63, 3.8) is 0 Å². The number of hydrogen-bond acceptors (Lipinski definition) is 2. The molecule has 0 amide bonds. The van der Waals surface area contributed by atoms with E-state index in [1.165, 1.54) is 6.07 Å². The molecule has 2 nitrogen and oxygen atoms in total. The summed E-state index contributed by atoms with van der Waals surface area (Å²) in [5.41, 5.74) is 1.77. The second kappa shape index (κ2) is 5.46. The summed E-state index contributed by atoms with van der Waals surface area (Å²) in [6, 6.07) is 12.6. The van der Waals surface area contributed by atoms with Crippen LogP contribution in [0.2, 0.25) is 5.02 Å². The lowest BCUT2D eigenvalue weighted by Crippen LogP contribution is -1.99. The van der Waals surface area contributed by atoms with Crippen molar-refractivity contribution in [1.82, 2.24) is 0 Å². The van der Waals surface area contributed by atoms with Crippen molar-refractivity contribution in [3.05, 3.63) is 53.1 Å². The van der Waals surface area contributed by atoms with Crippen LogP contribution in [0.5, 0.6) is 0 Å². The fraction of sp³-hybridized carbons (Fsp3) is 0.0714. The van der Waals surface area contributed by atoms with Crippen molar-refractivity contribution < 1.29 is 9.90 Å². The Labute approximate surface area is 115 Å². The van der Waals surface area contributed by atoms with Gasteiger partial charge >= 0.3 is 5.97 Å². The predicted octanol–water partition coefficient (Wildman–Crippen LogP) is 4.43. The number of halogens is 1. The van der Waals surface area contributed by atoms with Gasteiger partial charge in [-0.25, -0.2) is 4.79 Å². The van der Waals surface area contributed by atoms with E-state index in [4.69, 9.17) is 11.6 Å². The number of hydrogen-bond donors (Lipinski definition) is 1. The molecule has 0 bridgehead atoms. The molecule has 2 aromatic rings. The number of rotatable bonds is 3. The minimum absolute atomic E-state index is 0.262. The van der Waals surface area contributed by atoms with Crippen LogP contribution in [0.3, 0.4) is 0 Å². The number of carboxylic acids is 1. The topological polar surface area (TPSA) is 37.3 Å². The van der Waals surface area contributed by atoms with Gasteiger partial charge in [-0.05, 0) is 47.7 Å². The second-order valence-corrected chi connectivity index (χ2v) is 5.04. The van der Waals surface area contributed by atoms with Crippen molar-refractivity contribution in [3.8, 4) is 11.1 Å². The van der Waals surface area contributed by atoms with E-state index in [9.17, 15) is 9.90 Å². The Morgan fingerprint density at radius 3 is 2.67 bits per heavy atom. The molecular weight excluding hydrogens is 268 g/mol. The van der Waals surface area contributed by atoms with Gasteiger partial charge in [-0.1, -0.05) is 23.7 Å². The van der Waals surface area contributed by atoms with E-state index in [1.54, 1.807) is 23.9 Å². The van der Waals surface area contributed by atoms with Crippen molar-refractivity contribution >= 4 is 29.3 Å². The van der Waals surface area contributed by atoms with Gasteiger partial charge in [0.1, 0.15) is 0 Å².